The first kappa shape index (κ1) is 10.8. The maximum absolute atomic E-state index is 10.4. The molecule has 1 N–H and O–H groups in total. The molecule has 1 fully saturated rings. The summed E-state index contributed by atoms with van der Waals surface area (Å²) in [5.74, 6) is 2.81. The highest BCUT2D eigenvalue weighted by Gasteiger charge is 2.31. The minimum atomic E-state index is -0.630. The molecule has 1 atom stereocenters. The number of benzene rings is 1. The normalized spacial score (nSPS) is 26.3. The van der Waals surface area contributed by atoms with Crippen molar-refractivity contribution in [2.24, 2.45) is 0 Å². The first-order valence-electron chi connectivity index (χ1n) is 5.19. The number of hydrogen-bond acceptors (Lipinski definition) is 3. The van der Waals surface area contributed by atoms with Crippen molar-refractivity contribution < 1.29 is 9.84 Å². The van der Waals surface area contributed by atoms with Gasteiger partial charge in [0.05, 0.1) is 12.7 Å². The third kappa shape index (κ3) is 2.29. The summed E-state index contributed by atoms with van der Waals surface area (Å²) in [5.41, 5.74) is 0.380. The van der Waals surface area contributed by atoms with Crippen molar-refractivity contribution in [2.45, 2.75) is 18.4 Å². The molecule has 82 valence electrons. The fourth-order valence-corrected chi connectivity index (χ4v) is 3.05. The van der Waals surface area contributed by atoms with Crippen LogP contribution in [0.5, 0.6) is 5.75 Å². The van der Waals surface area contributed by atoms with Crippen molar-refractivity contribution in [1.82, 2.24) is 0 Å². The highest BCUT2D eigenvalue weighted by Crippen LogP contribution is 2.35. The highest BCUT2D eigenvalue weighted by molar-refractivity contribution is 7.99. The first-order valence-corrected chi connectivity index (χ1v) is 6.35. The Kier molecular flexibility index (Phi) is 3.22. The molecule has 0 radical (unpaired) electrons. The van der Waals surface area contributed by atoms with E-state index in [1.807, 2.05) is 36.0 Å². The molecule has 2 nitrogen and oxygen atoms in total. The van der Waals surface area contributed by atoms with Crippen molar-refractivity contribution in [3.05, 3.63) is 29.8 Å². The molecule has 15 heavy (non-hydrogen) atoms. The maximum Gasteiger partial charge on any atom is 0.118 e. The first-order chi connectivity index (χ1) is 7.24. The van der Waals surface area contributed by atoms with Gasteiger partial charge in [-0.3, -0.25) is 0 Å². The molecule has 0 aliphatic carbocycles. The largest absolute Gasteiger partial charge is 0.497 e. The Hall–Kier alpha value is -0.670. The zero-order valence-corrected chi connectivity index (χ0v) is 9.72. The summed E-state index contributed by atoms with van der Waals surface area (Å²) < 4.78 is 5.10. The quantitative estimate of drug-likeness (QED) is 0.836. The Morgan fingerprint density at radius 1 is 1.33 bits per heavy atom. The summed E-state index contributed by atoms with van der Waals surface area (Å²) in [7, 11) is 1.65. The molecule has 1 aromatic rings. The Morgan fingerprint density at radius 2 is 2.07 bits per heavy atom. The highest BCUT2D eigenvalue weighted by atomic mass is 32.2. The van der Waals surface area contributed by atoms with Gasteiger partial charge in [0.15, 0.2) is 0 Å². The average Bonchev–Trinajstić information content (AvgIpc) is 2.30. The molecular formula is C12H16O2S. The van der Waals surface area contributed by atoms with Gasteiger partial charge in [0.25, 0.3) is 0 Å². The molecule has 0 spiro atoms. The third-order valence-electron chi connectivity index (χ3n) is 2.85. The van der Waals surface area contributed by atoms with E-state index in [0.717, 1.165) is 29.9 Å². The lowest BCUT2D eigenvalue weighted by Crippen LogP contribution is -2.31. The van der Waals surface area contributed by atoms with Crippen molar-refractivity contribution in [3.8, 4) is 5.75 Å². The molecule has 0 bridgehead atoms. The predicted molar refractivity (Wildman–Crippen MR) is 63.4 cm³/mol. The second-order valence-electron chi connectivity index (χ2n) is 3.92. The molecule has 0 amide bonds. The van der Waals surface area contributed by atoms with E-state index >= 15 is 0 Å². The van der Waals surface area contributed by atoms with E-state index in [1.54, 1.807) is 7.11 Å². The molecular weight excluding hydrogens is 208 g/mol. The Morgan fingerprint density at radius 3 is 2.60 bits per heavy atom. The Bertz CT molecular complexity index is 315. The second kappa shape index (κ2) is 4.45. The molecule has 1 unspecified atom stereocenters. The molecule has 2 rings (SSSR count). The van der Waals surface area contributed by atoms with Crippen LogP contribution in [0.1, 0.15) is 18.4 Å². The molecule has 0 aromatic heterocycles. The summed E-state index contributed by atoms with van der Waals surface area (Å²) >= 11 is 1.83. The van der Waals surface area contributed by atoms with Crippen LogP contribution in [0.15, 0.2) is 24.3 Å². The van der Waals surface area contributed by atoms with E-state index in [4.69, 9.17) is 4.74 Å². The van der Waals surface area contributed by atoms with Crippen LogP contribution >= 0.6 is 11.8 Å². The van der Waals surface area contributed by atoms with Gasteiger partial charge in [-0.05, 0) is 36.3 Å². The van der Waals surface area contributed by atoms with Gasteiger partial charge in [0.1, 0.15) is 5.75 Å². The van der Waals surface area contributed by atoms with Gasteiger partial charge < -0.3 is 9.84 Å². The van der Waals surface area contributed by atoms with Gasteiger partial charge >= 0.3 is 0 Å². The van der Waals surface area contributed by atoms with E-state index in [-0.39, 0.29) is 0 Å². The van der Waals surface area contributed by atoms with E-state index in [9.17, 15) is 5.11 Å². The molecule has 1 aliphatic heterocycles. The van der Waals surface area contributed by atoms with Crippen LogP contribution in [0.3, 0.4) is 0 Å². The Labute approximate surface area is 94.6 Å². The Balaban J connectivity index is 2.20. The number of ether oxygens (including phenoxy) is 1. The van der Waals surface area contributed by atoms with Crippen molar-refractivity contribution >= 4 is 11.8 Å². The summed E-state index contributed by atoms with van der Waals surface area (Å²) in [6.45, 7) is 0. The molecule has 1 aliphatic rings. The van der Waals surface area contributed by atoms with Crippen LogP contribution in [0, 0.1) is 0 Å². The number of hydrogen-bond donors (Lipinski definition) is 1. The average molecular weight is 224 g/mol. The molecule has 1 saturated heterocycles. The predicted octanol–water partition coefficient (Wildman–Crippen LogP) is 2.41. The minimum absolute atomic E-state index is 0.630. The van der Waals surface area contributed by atoms with Gasteiger partial charge in [0.2, 0.25) is 0 Å². The maximum atomic E-state index is 10.4. The van der Waals surface area contributed by atoms with Crippen LogP contribution in [-0.4, -0.2) is 23.7 Å². The van der Waals surface area contributed by atoms with Gasteiger partial charge in [0, 0.05) is 5.75 Å². The number of methoxy groups -OCH3 is 1. The van der Waals surface area contributed by atoms with Crippen LogP contribution in [0.4, 0.5) is 0 Å². The summed E-state index contributed by atoms with van der Waals surface area (Å²) in [4.78, 5) is 0. The molecule has 0 saturated carbocycles. The summed E-state index contributed by atoms with van der Waals surface area (Å²) in [5, 5.41) is 10.4. The van der Waals surface area contributed by atoms with E-state index in [1.165, 1.54) is 5.75 Å². The van der Waals surface area contributed by atoms with Crippen molar-refractivity contribution in [2.75, 3.05) is 18.6 Å². The van der Waals surface area contributed by atoms with Gasteiger partial charge in [-0.2, -0.15) is 11.8 Å². The van der Waals surface area contributed by atoms with E-state index < -0.39 is 5.60 Å². The second-order valence-corrected chi connectivity index (χ2v) is 5.02. The summed E-state index contributed by atoms with van der Waals surface area (Å²) in [6.07, 6.45) is 1.96. The molecule has 1 heterocycles. The van der Waals surface area contributed by atoms with Crippen molar-refractivity contribution in [3.63, 3.8) is 0 Å². The fourth-order valence-electron chi connectivity index (χ4n) is 1.91. The smallest absolute Gasteiger partial charge is 0.118 e. The molecule has 1 aromatic carbocycles. The zero-order valence-electron chi connectivity index (χ0n) is 8.90. The zero-order chi connectivity index (χ0) is 10.7. The van der Waals surface area contributed by atoms with Crippen LogP contribution in [-0.2, 0) is 5.60 Å². The summed E-state index contributed by atoms with van der Waals surface area (Å²) in [6, 6.07) is 7.74. The SMILES string of the molecule is COc1ccc(C2(O)CCCSC2)cc1. The number of thioether (sulfide) groups is 1. The topological polar surface area (TPSA) is 29.5 Å². The lowest BCUT2D eigenvalue weighted by molar-refractivity contribution is 0.0495. The lowest BCUT2D eigenvalue weighted by atomic mass is 9.91. The third-order valence-corrected chi connectivity index (χ3v) is 4.11. The van der Waals surface area contributed by atoms with Crippen LogP contribution in [0.25, 0.3) is 0 Å². The lowest BCUT2D eigenvalue weighted by Gasteiger charge is -2.32. The molecule has 3 heteroatoms. The fraction of sp³-hybridized carbons (Fsp3) is 0.500. The number of rotatable bonds is 2. The monoisotopic (exact) mass is 224 g/mol. The van der Waals surface area contributed by atoms with E-state index in [2.05, 4.69) is 0 Å². The van der Waals surface area contributed by atoms with Gasteiger partial charge in [-0.15, -0.1) is 0 Å². The minimum Gasteiger partial charge on any atom is -0.497 e. The van der Waals surface area contributed by atoms with Gasteiger partial charge in [-0.25, -0.2) is 0 Å². The number of aliphatic hydroxyl groups is 1. The standard InChI is InChI=1S/C12H16O2S/c1-14-11-5-3-10(4-6-11)12(13)7-2-8-15-9-12/h3-6,13H,2,7-9H2,1H3. The van der Waals surface area contributed by atoms with Crippen LogP contribution in [0.2, 0.25) is 0 Å². The van der Waals surface area contributed by atoms with Crippen molar-refractivity contribution in [1.29, 1.82) is 0 Å². The van der Waals surface area contributed by atoms with Gasteiger partial charge in [-0.1, -0.05) is 12.1 Å². The van der Waals surface area contributed by atoms with E-state index in [0.29, 0.717) is 0 Å². The van der Waals surface area contributed by atoms with Crippen LogP contribution < -0.4 is 4.74 Å².